The maximum Gasteiger partial charge on any atom is 0.254 e. The number of anilines is 1. The van der Waals surface area contributed by atoms with Gasteiger partial charge in [-0.2, -0.15) is 0 Å². The second kappa shape index (κ2) is 6.48. The Bertz CT molecular complexity index is 679. The third kappa shape index (κ3) is 3.14. The minimum Gasteiger partial charge on any atom is -0.390 e. The van der Waals surface area contributed by atoms with Crippen molar-refractivity contribution in [2.75, 3.05) is 5.73 Å². The summed E-state index contributed by atoms with van der Waals surface area (Å²) in [5.41, 5.74) is 8.73. The van der Waals surface area contributed by atoms with E-state index >= 15 is 0 Å². The van der Waals surface area contributed by atoms with E-state index in [-0.39, 0.29) is 11.7 Å². The van der Waals surface area contributed by atoms with Crippen molar-refractivity contribution in [3.05, 3.63) is 51.7 Å². The van der Waals surface area contributed by atoms with Gasteiger partial charge in [-0.05, 0) is 48.9 Å². The van der Waals surface area contributed by atoms with E-state index in [4.69, 9.17) is 5.73 Å². The molecule has 0 aliphatic heterocycles. The largest absolute Gasteiger partial charge is 0.390 e. The van der Waals surface area contributed by atoms with Gasteiger partial charge >= 0.3 is 0 Å². The number of amides is 1. The Hall–Kier alpha value is -1.88. The Morgan fingerprint density at radius 3 is 2.68 bits per heavy atom. The lowest BCUT2D eigenvalue weighted by Gasteiger charge is -2.08. The number of carbonyl (C=O) groups excluding carboxylic acids is 1. The molecule has 1 aliphatic rings. The van der Waals surface area contributed by atoms with Crippen molar-refractivity contribution in [3.8, 4) is 0 Å². The van der Waals surface area contributed by atoms with E-state index in [0.29, 0.717) is 17.1 Å². The third-order valence-electron chi connectivity index (χ3n) is 4.04. The molecule has 1 amide bonds. The molecule has 1 aromatic carbocycles. The van der Waals surface area contributed by atoms with Gasteiger partial charge in [-0.15, -0.1) is 11.3 Å². The molecule has 0 saturated heterocycles. The standard InChI is InChI=1S/C17H19FN2OS/c18-12-8-6-11(7-9-12)10-20-17(21)15-13-4-2-1-3-5-14(13)22-16(15)19/h6-9H,1-5,10,19H2,(H,20,21). The highest BCUT2D eigenvalue weighted by Gasteiger charge is 2.23. The smallest absolute Gasteiger partial charge is 0.254 e. The van der Waals surface area contributed by atoms with Crippen molar-refractivity contribution in [3.63, 3.8) is 0 Å². The average molecular weight is 318 g/mol. The molecule has 22 heavy (non-hydrogen) atoms. The van der Waals surface area contributed by atoms with Gasteiger partial charge in [0.1, 0.15) is 5.82 Å². The SMILES string of the molecule is Nc1sc2c(c1C(=O)NCc1ccc(F)cc1)CCCCC2. The molecule has 116 valence electrons. The Balaban J connectivity index is 1.75. The molecule has 3 nitrogen and oxygen atoms in total. The molecule has 3 N–H and O–H groups in total. The van der Waals surface area contributed by atoms with Crippen LogP contribution in [0.1, 0.15) is 45.6 Å². The van der Waals surface area contributed by atoms with Crippen molar-refractivity contribution in [2.24, 2.45) is 0 Å². The number of aryl methyl sites for hydroxylation is 1. The van der Waals surface area contributed by atoms with Crippen LogP contribution >= 0.6 is 11.3 Å². The van der Waals surface area contributed by atoms with E-state index in [1.807, 2.05) is 0 Å². The lowest BCUT2D eigenvalue weighted by Crippen LogP contribution is -2.24. The van der Waals surface area contributed by atoms with Gasteiger partial charge in [0.15, 0.2) is 0 Å². The second-order valence-electron chi connectivity index (χ2n) is 5.61. The van der Waals surface area contributed by atoms with Crippen molar-refractivity contribution in [1.82, 2.24) is 5.32 Å². The van der Waals surface area contributed by atoms with Gasteiger partial charge in [0.2, 0.25) is 0 Å². The number of hydrogen-bond donors (Lipinski definition) is 2. The fourth-order valence-electron chi connectivity index (χ4n) is 2.89. The molecule has 1 aromatic heterocycles. The van der Waals surface area contributed by atoms with Crippen LogP contribution < -0.4 is 11.1 Å². The first-order valence-electron chi connectivity index (χ1n) is 7.58. The Morgan fingerprint density at radius 1 is 1.18 bits per heavy atom. The fraction of sp³-hybridized carbons (Fsp3) is 0.353. The molecule has 0 saturated carbocycles. The molecule has 0 atom stereocenters. The number of thiophene rings is 1. The van der Waals surface area contributed by atoms with E-state index in [9.17, 15) is 9.18 Å². The zero-order valence-electron chi connectivity index (χ0n) is 12.3. The van der Waals surface area contributed by atoms with Crippen molar-refractivity contribution in [1.29, 1.82) is 0 Å². The molecule has 1 heterocycles. The fourth-order valence-corrected chi connectivity index (χ4v) is 4.04. The molecule has 0 spiro atoms. The number of nitrogen functional groups attached to an aromatic ring is 1. The molecule has 0 unspecified atom stereocenters. The van der Waals surface area contributed by atoms with Crippen LogP contribution in [-0.4, -0.2) is 5.91 Å². The predicted octanol–water partition coefficient (Wildman–Crippen LogP) is 3.67. The number of nitrogens with two attached hydrogens (primary N) is 1. The summed E-state index contributed by atoms with van der Waals surface area (Å²) in [5, 5.41) is 3.51. The van der Waals surface area contributed by atoms with Gasteiger partial charge in [-0.1, -0.05) is 18.6 Å². The van der Waals surface area contributed by atoms with E-state index in [1.54, 1.807) is 23.5 Å². The molecule has 2 aromatic rings. The zero-order chi connectivity index (χ0) is 15.5. The molecule has 0 bridgehead atoms. The summed E-state index contributed by atoms with van der Waals surface area (Å²) in [5.74, 6) is -0.399. The van der Waals surface area contributed by atoms with Gasteiger partial charge < -0.3 is 11.1 Å². The highest BCUT2D eigenvalue weighted by atomic mass is 32.1. The summed E-state index contributed by atoms with van der Waals surface area (Å²) in [6.45, 7) is 0.378. The maximum atomic E-state index is 12.9. The highest BCUT2D eigenvalue weighted by molar-refractivity contribution is 7.16. The van der Waals surface area contributed by atoms with Crippen LogP contribution in [0.25, 0.3) is 0 Å². The van der Waals surface area contributed by atoms with E-state index in [2.05, 4.69) is 5.32 Å². The number of nitrogens with one attached hydrogen (secondary N) is 1. The van der Waals surface area contributed by atoms with Gasteiger partial charge in [0, 0.05) is 11.4 Å². The zero-order valence-corrected chi connectivity index (χ0v) is 13.1. The lowest BCUT2D eigenvalue weighted by molar-refractivity contribution is 0.0951. The van der Waals surface area contributed by atoms with Gasteiger partial charge in [0.25, 0.3) is 5.91 Å². The quantitative estimate of drug-likeness (QED) is 0.848. The lowest BCUT2D eigenvalue weighted by atomic mass is 10.0. The average Bonchev–Trinajstić information content (AvgIpc) is 2.67. The highest BCUT2D eigenvalue weighted by Crippen LogP contribution is 2.35. The van der Waals surface area contributed by atoms with Crippen LogP contribution in [0.3, 0.4) is 0 Å². The van der Waals surface area contributed by atoms with Crippen LogP contribution in [0, 0.1) is 5.82 Å². The normalized spacial score (nSPS) is 14.2. The van der Waals surface area contributed by atoms with Crippen LogP contribution in [0.5, 0.6) is 0 Å². The van der Waals surface area contributed by atoms with E-state index in [0.717, 1.165) is 30.4 Å². The van der Waals surface area contributed by atoms with E-state index < -0.39 is 0 Å². The van der Waals surface area contributed by atoms with Crippen LogP contribution in [-0.2, 0) is 19.4 Å². The second-order valence-corrected chi connectivity index (χ2v) is 6.75. The topological polar surface area (TPSA) is 55.1 Å². The minimum atomic E-state index is -0.275. The number of benzene rings is 1. The van der Waals surface area contributed by atoms with Gasteiger partial charge in [-0.25, -0.2) is 4.39 Å². The molecular weight excluding hydrogens is 299 g/mol. The van der Waals surface area contributed by atoms with Crippen molar-refractivity contribution in [2.45, 2.75) is 38.6 Å². The van der Waals surface area contributed by atoms with Crippen LogP contribution in [0.15, 0.2) is 24.3 Å². The summed E-state index contributed by atoms with van der Waals surface area (Å²) < 4.78 is 12.9. The Kier molecular flexibility index (Phi) is 4.43. The Labute approximate surface area is 133 Å². The van der Waals surface area contributed by atoms with Gasteiger partial charge in [-0.3, -0.25) is 4.79 Å². The first-order valence-corrected chi connectivity index (χ1v) is 8.39. The summed E-state index contributed by atoms with van der Waals surface area (Å²) in [4.78, 5) is 13.8. The summed E-state index contributed by atoms with van der Waals surface area (Å²) in [6, 6.07) is 6.14. The van der Waals surface area contributed by atoms with Crippen LogP contribution in [0.2, 0.25) is 0 Å². The molecular formula is C17H19FN2OS. The minimum absolute atomic E-state index is 0.124. The van der Waals surface area contributed by atoms with Gasteiger partial charge in [0.05, 0.1) is 10.6 Å². The number of hydrogen-bond acceptors (Lipinski definition) is 3. The molecule has 5 heteroatoms. The Morgan fingerprint density at radius 2 is 1.91 bits per heavy atom. The monoisotopic (exact) mass is 318 g/mol. The first kappa shape index (κ1) is 15.0. The predicted molar refractivity (Wildman–Crippen MR) is 87.6 cm³/mol. The number of carbonyl (C=O) groups is 1. The molecule has 0 radical (unpaired) electrons. The number of fused-ring (bicyclic) bond motifs is 1. The number of halogens is 1. The maximum absolute atomic E-state index is 12.9. The van der Waals surface area contributed by atoms with Crippen molar-refractivity contribution >= 4 is 22.2 Å². The number of rotatable bonds is 3. The summed E-state index contributed by atoms with van der Waals surface area (Å²) in [7, 11) is 0. The third-order valence-corrected chi connectivity index (χ3v) is 5.16. The molecule has 1 aliphatic carbocycles. The van der Waals surface area contributed by atoms with Crippen molar-refractivity contribution < 1.29 is 9.18 Å². The summed E-state index contributed by atoms with van der Waals surface area (Å²) in [6.07, 6.45) is 5.45. The summed E-state index contributed by atoms with van der Waals surface area (Å²) >= 11 is 1.55. The first-order chi connectivity index (χ1) is 10.6. The molecule has 0 fully saturated rings. The van der Waals surface area contributed by atoms with Crippen LogP contribution in [0.4, 0.5) is 9.39 Å². The molecule has 3 rings (SSSR count). The van der Waals surface area contributed by atoms with E-state index in [1.165, 1.54) is 29.9 Å².